The molecule has 0 aliphatic carbocycles. The van der Waals surface area contributed by atoms with Crippen LogP contribution in [0.4, 0.5) is 0 Å². The molecule has 2 atom stereocenters. The second-order valence-electron chi connectivity index (χ2n) is 6.89. The van der Waals surface area contributed by atoms with Crippen LogP contribution in [0.5, 0.6) is 0 Å². The average Bonchev–Trinajstić information content (AvgIpc) is 2.54. The molecule has 2 heteroatoms. The normalized spacial score (nSPS) is 19.4. The number of nitrogens with zero attached hydrogens (tertiary/aromatic N) is 2. The zero-order chi connectivity index (χ0) is 17.0. The van der Waals surface area contributed by atoms with Crippen LogP contribution in [0.2, 0.25) is 0 Å². The first-order valence-electron chi connectivity index (χ1n) is 9.13. The van der Waals surface area contributed by atoms with Crippen LogP contribution in [0, 0.1) is 19.8 Å². The van der Waals surface area contributed by atoms with Crippen LogP contribution < -0.4 is 0 Å². The number of aliphatic imine (C=N–C) groups is 1. The molecule has 0 bridgehead atoms. The third-order valence-corrected chi connectivity index (χ3v) is 4.93. The molecule has 0 N–H and O–H groups in total. The van der Waals surface area contributed by atoms with E-state index in [2.05, 4.69) is 70.7 Å². The van der Waals surface area contributed by atoms with Crippen molar-refractivity contribution in [1.82, 2.24) is 4.90 Å². The summed E-state index contributed by atoms with van der Waals surface area (Å²) in [7, 11) is 0. The molecule has 2 nitrogen and oxygen atoms in total. The standard InChI is InChI=1S/C21H32N2/c1-7-15(4)14-23-18(8-2)13-20(22-21(23)9-3)19-11-10-16(5)12-17(19)6/h10-13,15,18H,7-9,14H2,1-6H3. The second kappa shape index (κ2) is 7.81. The number of hydrogen-bond acceptors (Lipinski definition) is 2. The van der Waals surface area contributed by atoms with E-state index in [-0.39, 0.29) is 0 Å². The Morgan fingerprint density at radius 1 is 1.17 bits per heavy atom. The van der Waals surface area contributed by atoms with Crippen molar-refractivity contribution < 1.29 is 0 Å². The highest BCUT2D eigenvalue weighted by Gasteiger charge is 2.25. The van der Waals surface area contributed by atoms with Crippen LogP contribution in [0.1, 0.15) is 63.6 Å². The van der Waals surface area contributed by atoms with Gasteiger partial charge in [0.05, 0.1) is 11.7 Å². The van der Waals surface area contributed by atoms with Crippen LogP contribution in [-0.2, 0) is 0 Å². The van der Waals surface area contributed by atoms with Crippen molar-refractivity contribution >= 4 is 11.5 Å². The highest BCUT2D eigenvalue weighted by Crippen LogP contribution is 2.29. The molecule has 2 rings (SSSR count). The third kappa shape index (κ3) is 4.04. The first-order chi connectivity index (χ1) is 11.0. The molecule has 0 aromatic heterocycles. The highest BCUT2D eigenvalue weighted by atomic mass is 15.2. The molecule has 126 valence electrons. The Morgan fingerprint density at radius 2 is 1.91 bits per heavy atom. The Kier molecular flexibility index (Phi) is 6.04. The van der Waals surface area contributed by atoms with Gasteiger partial charge in [0, 0.05) is 18.5 Å². The summed E-state index contributed by atoms with van der Waals surface area (Å²) >= 11 is 0. The maximum absolute atomic E-state index is 5.03. The lowest BCUT2D eigenvalue weighted by atomic mass is 9.98. The van der Waals surface area contributed by atoms with Crippen LogP contribution in [0.3, 0.4) is 0 Å². The van der Waals surface area contributed by atoms with Crippen molar-refractivity contribution in [3.63, 3.8) is 0 Å². The van der Waals surface area contributed by atoms with Gasteiger partial charge in [0.1, 0.15) is 5.84 Å². The van der Waals surface area contributed by atoms with E-state index in [4.69, 9.17) is 4.99 Å². The molecule has 1 aromatic carbocycles. The molecule has 0 saturated carbocycles. The van der Waals surface area contributed by atoms with Crippen LogP contribution in [-0.4, -0.2) is 23.3 Å². The van der Waals surface area contributed by atoms with Gasteiger partial charge in [0.15, 0.2) is 0 Å². The second-order valence-corrected chi connectivity index (χ2v) is 6.89. The van der Waals surface area contributed by atoms with E-state index in [0.717, 1.165) is 25.1 Å². The van der Waals surface area contributed by atoms with Gasteiger partial charge < -0.3 is 4.90 Å². The molecule has 0 radical (unpaired) electrons. The molecule has 0 spiro atoms. The Labute approximate surface area is 142 Å². The molecule has 1 aliphatic rings. The molecular formula is C21H32N2. The van der Waals surface area contributed by atoms with E-state index in [1.165, 1.54) is 28.9 Å². The predicted octanol–water partition coefficient (Wildman–Crippen LogP) is 5.59. The van der Waals surface area contributed by atoms with Crippen molar-refractivity contribution in [2.75, 3.05) is 6.54 Å². The van der Waals surface area contributed by atoms with E-state index < -0.39 is 0 Å². The Bertz CT molecular complexity index is 598. The summed E-state index contributed by atoms with van der Waals surface area (Å²) in [5.41, 5.74) is 5.07. The Hall–Kier alpha value is -1.57. The fraction of sp³-hybridized carbons (Fsp3) is 0.571. The summed E-state index contributed by atoms with van der Waals surface area (Å²) in [4.78, 5) is 7.56. The van der Waals surface area contributed by atoms with Crippen molar-refractivity contribution in [3.05, 3.63) is 41.0 Å². The summed E-state index contributed by atoms with van der Waals surface area (Å²) in [6.45, 7) is 14.6. The average molecular weight is 313 g/mol. The number of aryl methyl sites for hydroxylation is 2. The van der Waals surface area contributed by atoms with Gasteiger partial charge in [-0.25, -0.2) is 4.99 Å². The number of rotatable bonds is 6. The van der Waals surface area contributed by atoms with Crippen molar-refractivity contribution in [2.24, 2.45) is 10.9 Å². The minimum absolute atomic E-state index is 0.465. The fourth-order valence-corrected chi connectivity index (χ4v) is 3.28. The number of hydrogen-bond donors (Lipinski definition) is 0. The molecular weight excluding hydrogens is 280 g/mol. The van der Waals surface area contributed by atoms with Gasteiger partial charge in [-0.1, -0.05) is 57.9 Å². The Balaban J connectivity index is 2.37. The Morgan fingerprint density at radius 3 is 2.48 bits per heavy atom. The lowest BCUT2D eigenvalue weighted by Crippen LogP contribution is -2.43. The molecule has 2 unspecified atom stereocenters. The van der Waals surface area contributed by atoms with Crippen molar-refractivity contribution in [3.8, 4) is 0 Å². The molecule has 1 aliphatic heterocycles. The summed E-state index contributed by atoms with van der Waals surface area (Å²) in [6, 6.07) is 7.14. The quantitative estimate of drug-likeness (QED) is 0.668. The van der Waals surface area contributed by atoms with Crippen LogP contribution in [0.25, 0.3) is 5.70 Å². The van der Waals surface area contributed by atoms with Gasteiger partial charge in [0.25, 0.3) is 0 Å². The van der Waals surface area contributed by atoms with E-state index in [1.807, 2.05) is 0 Å². The third-order valence-electron chi connectivity index (χ3n) is 4.93. The predicted molar refractivity (Wildman–Crippen MR) is 102 cm³/mol. The summed E-state index contributed by atoms with van der Waals surface area (Å²) < 4.78 is 0. The zero-order valence-corrected chi connectivity index (χ0v) is 15.7. The van der Waals surface area contributed by atoms with Crippen LogP contribution >= 0.6 is 0 Å². The van der Waals surface area contributed by atoms with Gasteiger partial charge in [-0.2, -0.15) is 0 Å². The van der Waals surface area contributed by atoms with E-state index in [9.17, 15) is 0 Å². The van der Waals surface area contributed by atoms with Gasteiger partial charge in [-0.3, -0.25) is 0 Å². The van der Waals surface area contributed by atoms with E-state index >= 15 is 0 Å². The molecule has 23 heavy (non-hydrogen) atoms. The molecule has 1 heterocycles. The monoisotopic (exact) mass is 312 g/mol. The lowest BCUT2D eigenvalue weighted by Gasteiger charge is -2.37. The zero-order valence-electron chi connectivity index (χ0n) is 15.7. The van der Waals surface area contributed by atoms with Crippen molar-refractivity contribution in [2.45, 2.75) is 66.8 Å². The topological polar surface area (TPSA) is 15.6 Å². The first kappa shape index (κ1) is 17.8. The first-order valence-corrected chi connectivity index (χ1v) is 9.13. The summed E-state index contributed by atoms with van der Waals surface area (Å²) in [5, 5.41) is 0. The highest BCUT2D eigenvalue weighted by molar-refractivity contribution is 5.91. The SMILES string of the molecule is CCC1=NC(c2ccc(C)cc2C)=CC(CC)N1CC(C)CC. The summed E-state index contributed by atoms with van der Waals surface area (Å²) in [5.74, 6) is 1.95. The minimum Gasteiger partial charge on any atom is -0.353 e. The van der Waals surface area contributed by atoms with Gasteiger partial charge >= 0.3 is 0 Å². The smallest absolute Gasteiger partial charge is 0.105 e. The molecule has 0 saturated heterocycles. The molecule has 1 aromatic rings. The van der Waals surface area contributed by atoms with Gasteiger partial charge in [-0.05, 0) is 37.8 Å². The maximum atomic E-state index is 5.03. The van der Waals surface area contributed by atoms with Crippen LogP contribution in [0.15, 0.2) is 29.3 Å². The maximum Gasteiger partial charge on any atom is 0.105 e. The molecule has 0 fully saturated rings. The van der Waals surface area contributed by atoms with Gasteiger partial charge in [0.2, 0.25) is 0 Å². The van der Waals surface area contributed by atoms with E-state index in [1.54, 1.807) is 0 Å². The molecule has 0 amide bonds. The van der Waals surface area contributed by atoms with E-state index in [0.29, 0.717) is 12.0 Å². The van der Waals surface area contributed by atoms with Crippen molar-refractivity contribution in [1.29, 1.82) is 0 Å². The lowest BCUT2D eigenvalue weighted by molar-refractivity contribution is 0.291. The number of benzene rings is 1. The fourth-order valence-electron chi connectivity index (χ4n) is 3.28. The largest absolute Gasteiger partial charge is 0.353 e. The number of amidine groups is 1. The minimum atomic E-state index is 0.465. The van der Waals surface area contributed by atoms with Gasteiger partial charge in [-0.15, -0.1) is 0 Å². The summed E-state index contributed by atoms with van der Waals surface area (Å²) in [6.07, 6.45) is 5.72.